The van der Waals surface area contributed by atoms with Gasteiger partial charge >= 0.3 is 0 Å². The Morgan fingerprint density at radius 1 is 1.31 bits per heavy atom. The lowest BCUT2D eigenvalue weighted by Crippen LogP contribution is -2.53. The summed E-state index contributed by atoms with van der Waals surface area (Å²) in [6, 6.07) is 4.01. The van der Waals surface area contributed by atoms with E-state index in [2.05, 4.69) is 24.5 Å². The van der Waals surface area contributed by atoms with Crippen LogP contribution in [0.15, 0.2) is 17.5 Å². The van der Waals surface area contributed by atoms with E-state index in [-0.39, 0.29) is 40.9 Å². The number of carbonyl (C=O) groups is 2. The molecule has 2 fully saturated rings. The van der Waals surface area contributed by atoms with Crippen LogP contribution in [0.4, 0.5) is 5.13 Å². The normalized spacial score (nSPS) is 32.5. The molecule has 0 saturated heterocycles. The summed E-state index contributed by atoms with van der Waals surface area (Å²) < 4.78 is 0. The van der Waals surface area contributed by atoms with E-state index in [1.807, 2.05) is 24.4 Å². The van der Waals surface area contributed by atoms with Gasteiger partial charge in [0, 0.05) is 22.8 Å². The molecule has 8 heteroatoms. The molecule has 0 spiro atoms. The molecule has 6 nitrogen and oxygen atoms in total. The van der Waals surface area contributed by atoms with Gasteiger partial charge in [-0.1, -0.05) is 26.8 Å². The molecular weight excluding hydrogens is 442 g/mol. The van der Waals surface area contributed by atoms with Crippen molar-refractivity contribution in [3.8, 4) is 0 Å². The van der Waals surface area contributed by atoms with E-state index < -0.39 is 6.10 Å². The van der Waals surface area contributed by atoms with E-state index >= 15 is 0 Å². The minimum absolute atomic E-state index is 0.0312. The number of anilines is 1. The maximum absolute atomic E-state index is 12.7. The van der Waals surface area contributed by atoms with Gasteiger partial charge in [-0.25, -0.2) is 4.98 Å². The minimum Gasteiger partial charge on any atom is -0.392 e. The molecule has 2 aromatic rings. The van der Waals surface area contributed by atoms with Crippen LogP contribution < -0.4 is 10.6 Å². The van der Waals surface area contributed by atoms with E-state index in [1.165, 1.54) is 16.2 Å². The van der Waals surface area contributed by atoms with Crippen molar-refractivity contribution in [1.29, 1.82) is 0 Å². The standard InChI is InChI=1S/C24H31N3O3S2/c1-12(21(29)25-14-6-7-14)15-8-9-24(3)11-17-19(13(2)18(24)20(15)28)26-23(32-17)27-22(30)16-5-4-10-31-16/h4-5,10,12-15,18,20,28H,6-9,11H2,1-3H3,(H,25,29)(H,26,27,30)/t12-,13-,15+,18+,20-,24-/m0/s1. The number of hydrogen-bond acceptors (Lipinski definition) is 6. The molecular formula is C24H31N3O3S2. The van der Waals surface area contributed by atoms with Crippen LogP contribution in [-0.2, 0) is 11.2 Å². The predicted molar refractivity (Wildman–Crippen MR) is 127 cm³/mol. The first-order valence-electron chi connectivity index (χ1n) is 11.6. The van der Waals surface area contributed by atoms with Gasteiger partial charge in [-0.05, 0) is 60.8 Å². The Labute approximate surface area is 196 Å². The second-order valence-corrected chi connectivity index (χ2v) is 12.2. The molecule has 2 aromatic heterocycles. The van der Waals surface area contributed by atoms with Crippen LogP contribution >= 0.6 is 22.7 Å². The number of nitrogens with zero attached hydrogens (tertiary/aromatic N) is 1. The molecule has 6 atom stereocenters. The Morgan fingerprint density at radius 2 is 2.09 bits per heavy atom. The maximum Gasteiger partial charge on any atom is 0.267 e. The highest BCUT2D eigenvalue weighted by Crippen LogP contribution is 2.57. The van der Waals surface area contributed by atoms with Crippen LogP contribution in [0.5, 0.6) is 0 Å². The van der Waals surface area contributed by atoms with Crippen LogP contribution in [-0.4, -0.2) is 34.1 Å². The van der Waals surface area contributed by atoms with Crippen molar-refractivity contribution in [1.82, 2.24) is 10.3 Å². The zero-order chi connectivity index (χ0) is 22.6. The summed E-state index contributed by atoms with van der Waals surface area (Å²) >= 11 is 2.98. The number of aliphatic hydroxyl groups excluding tert-OH is 1. The lowest BCUT2D eigenvalue weighted by atomic mass is 9.53. The Balaban J connectivity index is 1.35. The first-order valence-corrected chi connectivity index (χ1v) is 13.3. The van der Waals surface area contributed by atoms with Gasteiger partial charge in [-0.2, -0.15) is 0 Å². The third-order valence-electron chi connectivity index (χ3n) is 7.87. The van der Waals surface area contributed by atoms with Gasteiger partial charge in [0.05, 0.1) is 16.7 Å². The van der Waals surface area contributed by atoms with Crippen LogP contribution in [0.1, 0.15) is 72.6 Å². The van der Waals surface area contributed by atoms with Gasteiger partial charge in [0.15, 0.2) is 5.13 Å². The molecule has 0 unspecified atom stereocenters. The van der Waals surface area contributed by atoms with Crippen molar-refractivity contribution in [2.24, 2.45) is 23.2 Å². The number of nitrogens with one attached hydrogen (secondary N) is 2. The number of thiazole rings is 1. The smallest absolute Gasteiger partial charge is 0.267 e. The Morgan fingerprint density at radius 3 is 2.78 bits per heavy atom. The zero-order valence-corrected chi connectivity index (χ0v) is 20.4. The lowest BCUT2D eigenvalue weighted by molar-refractivity contribution is -0.134. The minimum atomic E-state index is -0.539. The van der Waals surface area contributed by atoms with Crippen molar-refractivity contribution >= 4 is 39.6 Å². The molecule has 0 aromatic carbocycles. The molecule has 2 amide bonds. The monoisotopic (exact) mass is 473 g/mol. The number of amides is 2. The van der Waals surface area contributed by atoms with Crippen molar-refractivity contribution < 1.29 is 14.7 Å². The largest absolute Gasteiger partial charge is 0.392 e. The molecule has 3 N–H and O–H groups in total. The van der Waals surface area contributed by atoms with Gasteiger partial charge in [0.25, 0.3) is 5.91 Å². The molecule has 32 heavy (non-hydrogen) atoms. The summed E-state index contributed by atoms with van der Waals surface area (Å²) in [5.74, 6) is -0.154. The van der Waals surface area contributed by atoms with E-state index in [0.717, 1.165) is 37.8 Å². The third kappa shape index (κ3) is 3.90. The maximum atomic E-state index is 12.7. The topological polar surface area (TPSA) is 91.3 Å². The highest BCUT2D eigenvalue weighted by molar-refractivity contribution is 7.16. The van der Waals surface area contributed by atoms with Crippen LogP contribution in [0.2, 0.25) is 0 Å². The molecule has 2 saturated carbocycles. The second-order valence-electron chi connectivity index (χ2n) is 10.2. The van der Waals surface area contributed by atoms with E-state index in [0.29, 0.717) is 16.1 Å². The third-order valence-corrected chi connectivity index (χ3v) is 9.72. The average Bonchev–Trinajstić information content (AvgIpc) is 3.22. The Bertz CT molecular complexity index is 1020. The Kier molecular flexibility index (Phi) is 5.66. The SMILES string of the molecule is C[C@H](C(=O)NC1CC1)[C@H]1CC[C@@]2(C)Cc3sc(NC(=O)c4cccs4)nc3[C@@H](C)[C@@H]2[C@H]1O. The predicted octanol–water partition coefficient (Wildman–Crippen LogP) is 4.42. The fourth-order valence-corrected chi connectivity index (χ4v) is 7.80. The molecule has 3 aliphatic carbocycles. The molecule has 0 radical (unpaired) electrons. The quantitative estimate of drug-likeness (QED) is 0.599. The van der Waals surface area contributed by atoms with E-state index in [9.17, 15) is 14.7 Å². The molecule has 172 valence electrons. The number of thiophene rings is 1. The van der Waals surface area contributed by atoms with Crippen LogP contribution in [0.3, 0.4) is 0 Å². The highest BCUT2D eigenvalue weighted by atomic mass is 32.1. The van der Waals surface area contributed by atoms with Crippen LogP contribution in [0.25, 0.3) is 0 Å². The number of hydrogen-bond donors (Lipinski definition) is 3. The molecule has 3 aliphatic rings. The number of aliphatic hydroxyl groups is 1. The molecule has 0 aliphatic heterocycles. The van der Waals surface area contributed by atoms with Gasteiger partial charge < -0.3 is 10.4 Å². The molecule has 2 heterocycles. The second kappa shape index (κ2) is 8.22. The first kappa shape index (κ1) is 22.0. The highest BCUT2D eigenvalue weighted by Gasteiger charge is 2.54. The van der Waals surface area contributed by atoms with Crippen molar-refractivity contribution in [3.63, 3.8) is 0 Å². The number of rotatable bonds is 5. The summed E-state index contributed by atoms with van der Waals surface area (Å²) in [7, 11) is 0. The van der Waals surface area contributed by atoms with E-state index in [1.54, 1.807) is 11.3 Å². The van der Waals surface area contributed by atoms with E-state index in [4.69, 9.17) is 4.98 Å². The average molecular weight is 474 g/mol. The fourth-order valence-electron chi connectivity index (χ4n) is 5.92. The van der Waals surface area contributed by atoms with Gasteiger partial charge in [-0.3, -0.25) is 14.9 Å². The number of fused-ring (bicyclic) bond motifs is 2. The molecule has 5 rings (SSSR count). The van der Waals surface area contributed by atoms with Gasteiger partial charge in [0.1, 0.15) is 0 Å². The summed E-state index contributed by atoms with van der Waals surface area (Å²) in [5.41, 5.74) is 0.963. The van der Waals surface area contributed by atoms with Gasteiger partial charge in [0.2, 0.25) is 5.91 Å². The van der Waals surface area contributed by atoms with Crippen LogP contribution in [0, 0.1) is 23.2 Å². The lowest BCUT2D eigenvalue weighted by Gasteiger charge is -2.53. The van der Waals surface area contributed by atoms with Crippen molar-refractivity contribution in [2.75, 3.05) is 5.32 Å². The zero-order valence-electron chi connectivity index (χ0n) is 18.8. The number of aromatic nitrogens is 1. The Hall–Kier alpha value is -1.77. The first-order chi connectivity index (χ1) is 15.3. The summed E-state index contributed by atoms with van der Waals surface area (Å²) in [5, 5.41) is 20.1. The summed E-state index contributed by atoms with van der Waals surface area (Å²) in [4.78, 5) is 31.8. The van der Waals surface area contributed by atoms with Crippen molar-refractivity contribution in [3.05, 3.63) is 33.0 Å². The summed E-state index contributed by atoms with van der Waals surface area (Å²) in [6.45, 7) is 6.38. The van der Waals surface area contributed by atoms with Crippen molar-refractivity contribution in [2.45, 2.75) is 70.9 Å². The summed E-state index contributed by atoms with van der Waals surface area (Å²) in [6.07, 6.45) is 4.30. The fraction of sp³-hybridized carbons (Fsp3) is 0.625. The number of carbonyl (C=O) groups excluding carboxylic acids is 2. The molecule has 0 bridgehead atoms. The van der Waals surface area contributed by atoms with Gasteiger partial charge in [-0.15, -0.1) is 22.7 Å².